The Morgan fingerprint density at radius 3 is 2.72 bits per heavy atom. The molecule has 1 aliphatic heterocycles. The van der Waals surface area contributed by atoms with Crippen LogP contribution in [0, 0.1) is 5.82 Å². The summed E-state index contributed by atoms with van der Waals surface area (Å²) in [5.41, 5.74) is 0.478. The van der Waals surface area contributed by atoms with Crippen molar-refractivity contribution in [3.05, 3.63) is 63.2 Å². The van der Waals surface area contributed by atoms with Crippen LogP contribution in [0.3, 0.4) is 0 Å². The van der Waals surface area contributed by atoms with E-state index in [0.29, 0.717) is 34.5 Å². The first kappa shape index (κ1) is 22.7. The van der Waals surface area contributed by atoms with Crippen molar-refractivity contribution in [2.45, 2.75) is 25.8 Å². The van der Waals surface area contributed by atoms with Crippen molar-refractivity contribution in [2.24, 2.45) is 0 Å². The number of rotatable bonds is 5. The molecule has 1 atom stereocenters. The Balaban J connectivity index is 1.49. The Morgan fingerprint density at radius 2 is 2.03 bits per heavy atom. The second kappa shape index (κ2) is 9.53. The lowest BCUT2D eigenvalue weighted by Crippen LogP contribution is -2.56. The first-order chi connectivity index (χ1) is 15.4. The highest BCUT2D eigenvalue weighted by molar-refractivity contribution is 9.13. The second-order valence-corrected chi connectivity index (χ2v) is 8.99. The fraction of sp³-hybridized carbons (Fsp3) is 0.333. The fourth-order valence-corrected chi connectivity index (χ4v) is 4.30. The van der Waals surface area contributed by atoms with Gasteiger partial charge in [0, 0.05) is 31.7 Å². The van der Waals surface area contributed by atoms with Crippen LogP contribution in [-0.2, 0) is 0 Å². The fourth-order valence-electron chi connectivity index (χ4n) is 3.73. The summed E-state index contributed by atoms with van der Waals surface area (Å²) >= 11 is 6.59. The quantitative estimate of drug-likeness (QED) is 0.458. The third-order valence-corrected chi connectivity index (χ3v) is 6.97. The number of carbonyl (C=O) groups excluding carboxylic acids is 2. The van der Waals surface area contributed by atoms with Gasteiger partial charge in [-0.2, -0.15) is 0 Å². The lowest BCUT2D eigenvalue weighted by molar-refractivity contribution is 0.0346. The number of halogens is 3. The zero-order valence-electron chi connectivity index (χ0n) is 17.2. The summed E-state index contributed by atoms with van der Waals surface area (Å²) < 4.78 is 21.5. The highest BCUT2D eigenvalue weighted by Crippen LogP contribution is 2.28. The van der Waals surface area contributed by atoms with Crippen LogP contribution in [0.15, 0.2) is 50.2 Å². The number of furan rings is 1. The van der Waals surface area contributed by atoms with E-state index >= 15 is 0 Å². The molecule has 4 rings (SSSR count). The van der Waals surface area contributed by atoms with Crippen molar-refractivity contribution in [2.75, 3.05) is 19.6 Å². The molecule has 2 aromatic heterocycles. The van der Waals surface area contributed by atoms with Crippen molar-refractivity contribution >= 4 is 43.7 Å². The monoisotopic (exact) mass is 567 g/mol. The Morgan fingerprint density at radius 1 is 1.22 bits per heavy atom. The normalized spacial score (nSPS) is 16.4. The summed E-state index contributed by atoms with van der Waals surface area (Å²) in [4.78, 5) is 33.6. The van der Waals surface area contributed by atoms with Crippen LogP contribution in [0.5, 0.6) is 0 Å². The lowest BCUT2D eigenvalue weighted by atomic mass is 10.1. The van der Waals surface area contributed by atoms with E-state index in [-0.39, 0.29) is 29.4 Å². The molecule has 1 saturated heterocycles. The van der Waals surface area contributed by atoms with Crippen LogP contribution in [0.25, 0.3) is 5.69 Å². The number of nitrogens with zero attached hydrogens (tertiary/aromatic N) is 5. The minimum absolute atomic E-state index is 0.0307. The number of amides is 2. The Kier molecular flexibility index (Phi) is 6.75. The van der Waals surface area contributed by atoms with Crippen molar-refractivity contribution < 1.29 is 18.4 Å². The molecule has 0 aliphatic carbocycles. The Labute approximate surface area is 200 Å². The predicted molar refractivity (Wildman–Crippen MR) is 121 cm³/mol. The molecule has 8 nitrogen and oxygen atoms in total. The number of benzene rings is 1. The zero-order chi connectivity index (χ0) is 22.8. The van der Waals surface area contributed by atoms with E-state index in [2.05, 4.69) is 41.9 Å². The predicted octanol–water partition coefficient (Wildman–Crippen LogP) is 4.29. The molecule has 0 spiro atoms. The molecule has 3 aromatic rings. The third kappa shape index (κ3) is 4.63. The minimum atomic E-state index is -0.398. The molecule has 3 heterocycles. The Hall–Kier alpha value is -2.53. The summed E-state index contributed by atoms with van der Waals surface area (Å²) in [7, 11) is 0. The van der Waals surface area contributed by atoms with Crippen molar-refractivity contribution in [1.29, 1.82) is 0 Å². The summed E-state index contributed by atoms with van der Waals surface area (Å²) in [6.07, 6.45) is 2.98. The summed E-state index contributed by atoms with van der Waals surface area (Å²) in [5.74, 6) is -0.666. The van der Waals surface area contributed by atoms with Gasteiger partial charge in [-0.25, -0.2) is 14.1 Å². The number of piperazine rings is 1. The van der Waals surface area contributed by atoms with Gasteiger partial charge in [-0.3, -0.25) is 9.59 Å². The standard InChI is InChI=1S/C21H20Br2FN5O3/c1-2-4-15-11-27(7-8-28(15)20(30)17-10-16(22)18(23)32-17)21(31)19-25-12-29(26-19)14-6-3-5-13(24)9-14/h3,5-6,9-10,12,15H,2,4,7-8,11H2,1H3/t15-/m0/s1. The molecule has 0 N–H and O–H groups in total. The number of hydrogen-bond donors (Lipinski definition) is 0. The van der Waals surface area contributed by atoms with E-state index in [1.165, 1.54) is 23.1 Å². The molecular formula is C21H20Br2FN5O3. The average Bonchev–Trinajstić information content (AvgIpc) is 3.40. The van der Waals surface area contributed by atoms with Gasteiger partial charge >= 0.3 is 0 Å². The molecule has 0 unspecified atom stereocenters. The molecule has 0 saturated carbocycles. The van der Waals surface area contributed by atoms with E-state index in [1.807, 2.05) is 6.92 Å². The van der Waals surface area contributed by atoms with Gasteiger partial charge in [0.25, 0.3) is 11.8 Å². The van der Waals surface area contributed by atoms with E-state index in [9.17, 15) is 14.0 Å². The molecule has 1 fully saturated rings. The summed E-state index contributed by atoms with van der Waals surface area (Å²) in [5, 5.41) is 4.22. The van der Waals surface area contributed by atoms with E-state index in [0.717, 1.165) is 12.8 Å². The molecule has 1 aliphatic rings. The molecule has 0 bridgehead atoms. The van der Waals surface area contributed by atoms with Gasteiger partial charge in [0.2, 0.25) is 5.82 Å². The number of aromatic nitrogens is 3. The van der Waals surface area contributed by atoms with Gasteiger partial charge < -0.3 is 14.2 Å². The summed E-state index contributed by atoms with van der Waals surface area (Å²) in [6, 6.07) is 7.37. The maximum absolute atomic E-state index is 13.5. The highest BCUT2D eigenvalue weighted by atomic mass is 79.9. The topological polar surface area (TPSA) is 84.5 Å². The van der Waals surface area contributed by atoms with Crippen LogP contribution >= 0.6 is 31.9 Å². The molecule has 1 aromatic carbocycles. The molecule has 11 heteroatoms. The Bertz CT molecular complexity index is 1130. The smallest absolute Gasteiger partial charge is 0.293 e. The van der Waals surface area contributed by atoms with Crippen LogP contribution in [0.4, 0.5) is 4.39 Å². The number of hydrogen-bond acceptors (Lipinski definition) is 5. The molecule has 2 amide bonds. The van der Waals surface area contributed by atoms with Crippen LogP contribution in [-0.4, -0.2) is 62.1 Å². The first-order valence-corrected chi connectivity index (χ1v) is 11.7. The maximum Gasteiger partial charge on any atom is 0.293 e. The average molecular weight is 569 g/mol. The van der Waals surface area contributed by atoms with Gasteiger partial charge in [-0.1, -0.05) is 19.4 Å². The zero-order valence-corrected chi connectivity index (χ0v) is 20.3. The number of carbonyl (C=O) groups is 2. The SMILES string of the molecule is CCC[C@H]1CN(C(=O)c2ncn(-c3cccc(F)c3)n2)CCN1C(=O)c1cc(Br)c(Br)o1. The lowest BCUT2D eigenvalue weighted by Gasteiger charge is -2.40. The molecule has 32 heavy (non-hydrogen) atoms. The van der Waals surface area contributed by atoms with Crippen LogP contribution in [0.2, 0.25) is 0 Å². The largest absolute Gasteiger partial charge is 0.443 e. The van der Waals surface area contributed by atoms with Crippen molar-refractivity contribution in [3.8, 4) is 5.69 Å². The van der Waals surface area contributed by atoms with Gasteiger partial charge in [-0.05, 0) is 56.5 Å². The van der Waals surface area contributed by atoms with Crippen LogP contribution < -0.4 is 0 Å². The maximum atomic E-state index is 13.5. The minimum Gasteiger partial charge on any atom is -0.443 e. The van der Waals surface area contributed by atoms with Gasteiger partial charge in [0.15, 0.2) is 10.4 Å². The first-order valence-electron chi connectivity index (χ1n) is 10.1. The second-order valence-electron chi connectivity index (χ2n) is 7.42. The molecule has 0 radical (unpaired) electrons. The van der Waals surface area contributed by atoms with E-state index < -0.39 is 5.82 Å². The van der Waals surface area contributed by atoms with Crippen molar-refractivity contribution in [3.63, 3.8) is 0 Å². The van der Waals surface area contributed by atoms with E-state index in [1.54, 1.807) is 28.0 Å². The van der Waals surface area contributed by atoms with Gasteiger partial charge in [0.1, 0.15) is 12.1 Å². The third-order valence-electron chi connectivity index (χ3n) is 5.26. The summed E-state index contributed by atoms with van der Waals surface area (Å²) in [6.45, 7) is 3.12. The van der Waals surface area contributed by atoms with E-state index in [4.69, 9.17) is 4.42 Å². The molecular weight excluding hydrogens is 549 g/mol. The molecule has 168 valence electrons. The van der Waals surface area contributed by atoms with Crippen LogP contribution in [0.1, 0.15) is 40.9 Å². The van der Waals surface area contributed by atoms with Gasteiger partial charge in [-0.15, -0.1) is 5.10 Å². The highest BCUT2D eigenvalue weighted by Gasteiger charge is 2.35. The van der Waals surface area contributed by atoms with Gasteiger partial charge in [0.05, 0.1) is 10.2 Å². The van der Waals surface area contributed by atoms with Crippen molar-refractivity contribution in [1.82, 2.24) is 24.6 Å².